The lowest BCUT2D eigenvalue weighted by atomic mass is 10.1. The van der Waals surface area contributed by atoms with Crippen LogP contribution < -0.4 is 5.32 Å². The fraction of sp³-hybridized carbons (Fsp3) is 0.733. The Labute approximate surface area is 121 Å². The summed E-state index contributed by atoms with van der Waals surface area (Å²) in [5.41, 5.74) is 3.10. The van der Waals surface area contributed by atoms with Crippen molar-refractivity contribution in [1.82, 2.24) is 15.1 Å². The fourth-order valence-electron chi connectivity index (χ4n) is 2.18. The van der Waals surface area contributed by atoms with Gasteiger partial charge in [-0.15, -0.1) is 0 Å². The van der Waals surface area contributed by atoms with Crippen LogP contribution in [0.5, 0.6) is 0 Å². The highest BCUT2D eigenvalue weighted by atomic mass is 16.5. The number of carbonyl (C=O) groups is 1. The van der Waals surface area contributed by atoms with Crippen molar-refractivity contribution in [3.05, 3.63) is 17.0 Å². The van der Waals surface area contributed by atoms with E-state index in [0.717, 1.165) is 29.9 Å². The van der Waals surface area contributed by atoms with E-state index in [0.29, 0.717) is 25.5 Å². The van der Waals surface area contributed by atoms with Gasteiger partial charge in [0.1, 0.15) is 0 Å². The van der Waals surface area contributed by atoms with Crippen LogP contribution >= 0.6 is 0 Å². The number of hydrogen-bond acceptors (Lipinski definition) is 3. The molecule has 114 valence electrons. The zero-order valence-corrected chi connectivity index (χ0v) is 13.3. The van der Waals surface area contributed by atoms with Crippen LogP contribution in [0.4, 0.5) is 0 Å². The number of nitrogens with zero attached hydrogens (tertiary/aromatic N) is 2. The second kappa shape index (κ2) is 8.04. The van der Waals surface area contributed by atoms with E-state index >= 15 is 0 Å². The van der Waals surface area contributed by atoms with E-state index in [1.165, 1.54) is 0 Å². The Morgan fingerprint density at radius 2 is 2.10 bits per heavy atom. The largest absolute Gasteiger partial charge is 0.385 e. The van der Waals surface area contributed by atoms with Crippen LogP contribution in [0, 0.1) is 19.8 Å². The maximum atomic E-state index is 11.9. The number of rotatable bonds is 8. The molecule has 1 heterocycles. The number of aromatic nitrogens is 2. The summed E-state index contributed by atoms with van der Waals surface area (Å²) >= 11 is 0. The van der Waals surface area contributed by atoms with Crippen LogP contribution in [-0.2, 0) is 22.5 Å². The zero-order chi connectivity index (χ0) is 15.1. The van der Waals surface area contributed by atoms with Crippen molar-refractivity contribution < 1.29 is 9.53 Å². The normalized spacial score (nSPS) is 11.1. The van der Waals surface area contributed by atoms with Crippen LogP contribution in [0.1, 0.15) is 37.2 Å². The third kappa shape index (κ3) is 4.96. The predicted octanol–water partition coefficient (Wildman–Crippen LogP) is 1.85. The van der Waals surface area contributed by atoms with Gasteiger partial charge in [0, 0.05) is 38.1 Å². The minimum absolute atomic E-state index is 0.0522. The molecule has 1 N–H and O–H groups in total. The Morgan fingerprint density at radius 1 is 1.40 bits per heavy atom. The van der Waals surface area contributed by atoms with Crippen LogP contribution in [0.2, 0.25) is 0 Å². The Kier molecular flexibility index (Phi) is 6.71. The van der Waals surface area contributed by atoms with Crippen LogP contribution in [0.25, 0.3) is 0 Å². The summed E-state index contributed by atoms with van der Waals surface area (Å²) in [6.07, 6.45) is 1.25. The summed E-state index contributed by atoms with van der Waals surface area (Å²) in [7, 11) is 1.66. The van der Waals surface area contributed by atoms with Crippen molar-refractivity contribution in [3.8, 4) is 0 Å². The molecule has 0 unspecified atom stereocenters. The molecule has 1 amide bonds. The van der Waals surface area contributed by atoms with E-state index in [9.17, 15) is 4.79 Å². The third-order valence-corrected chi connectivity index (χ3v) is 3.25. The van der Waals surface area contributed by atoms with E-state index < -0.39 is 0 Å². The molecular formula is C15H27N3O2. The second-order valence-corrected chi connectivity index (χ2v) is 5.60. The topological polar surface area (TPSA) is 56.1 Å². The first kappa shape index (κ1) is 16.7. The number of amides is 1. The van der Waals surface area contributed by atoms with Gasteiger partial charge in [0.2, 0.25) is 5.91 Å². The molecule has 0 aliphatic heterocycles. The lowest BCUT2D eigenvalue weighted by molar-refractivity contribution is -0.120. The molecule has 0 saturated carbocycles. The van der Waals surface area contributed by atoms with Gasteiger partial charge in [-0.3, -0.25) is 9.48 Å². The standard InChI is InChI=1S/C15H27N3O2/c1-11(2)10-18-13(4)14(12(3)17-18)9-15(19)16-7-6-8-20-5/h11H,6-10H2,1-5H3,(H,16,19). The van der Waals surface area contributed by atoms with E-state index in [4.69, 9.17) is 4.74 Å². The van der Waals surface area contributed by atoms with E-state index in [1.807, 2.05) is 18.5 Å². The predicted molar refractivity (Wildman–Crippen MR) is 79.7 cm³/mol. The summed E-state index contributed by atoms with van der Waals surface area (Å²) in [6, 6.07) is 0. The van der Waals surface area contributed by atoms with Crippen LogP contribution in [0.3, 0.4) is 0 Å². The molecule has 0 bridgehead atoms. The zero-order valence-electron chi connectivity index (χ0n) is 13.3. The molecule has 0 aromatic carbocycles. The van der Waals surface area contributed by atoms with Gasteiger partial charge in [-0.05, 0) is 26.2 Å². The Morgan fingerprint density at radius 3 is 2.70 bits per heavy atom. The van der Waals surface area contributed by atoms with Gasteiger partial charge in [0.05, 0.1) is 12.1 Å². The van der Waals surface area contributed by atoms with Gasteiger partial charge in [-0.25, -0.2) is 0 Å². The van der Waals surface area contributed by atoms with E-state index in [2.05, 4.69) is 24.3 Å². The van der Waals surface area contributed by atoms with Crippen molar-refractivity contribution in [2.24, 2.45) is 5.92 Å². The lowest BCUT2D eigenvalue weighted by Gasteiger charge is -2.08. The molecule has 0 fully saturated rings. The second-order valence-electron chi connectivity index (χ2n) is 5.60. The Balaban J connectivity index is 2.58. The summed E-state index contributed by atoms with van der Waals surface area (Å²) < 4.78 is 6.96. The van der Waals surface area contributed by atoms with Crippen molar-refractivity contribution >= 4 is 5.91 Å². The fourth-order valence-corrected chi connectivity index (χ4v) is 2.18. The van der Waals surface area contributed by atoms with E-state index in [-0.39, 0.29) is 5.91 Å². The molecule has 0 spiro atoms. The van der Waals surface area contributed by atoms with Gasteiger partial charge in [0.25, 0.3) is 0 Å². The van der Waals surface area contributed by atoms with Crippen molar-refractivity contribution in [2.45, 2.75) is 47.1 Å². The molecule has 0 aliphatic carbocycles. The van der Waals surface area contributed by atoms with Gasteiger partial charge in [-0.2, -0.15) is 5.10 Å². The molecule has 5 heteroatoms. The molecule has 1 aromatic rings. The minimum Gasteiger partial charge on any atom is -0.385 e. The quantitative estimate of drug-likeness (QED) is 0.740. The van der Waals surface area contributed by atoms with Crippen molar-refractivity contribution in [1.29, 1.82) is 0 Å². The number of ether oxygens (including phenoxy) is 1. The summed E-state index contributed by atoms with van der Waals surface area (Å²) in [4.78, 5) is 11.9. The number of aryl methyl sites for hydroxylation is 1. The molecule has 1 rings (SSSR count). The van der Waals surface area contributed by atoms with Crippen molar-refractivity contribution in [2.75, 3.05) is 20.3 Å². The first-order chi connectivity index (χ1) is 9.45. The first-order valence-corrected chi connectivity index (χ1v) is 7.24. The molecule has 0 saturated heterocycles. The van der Waals surface area contributed by atoms with E-state index in [1.54, 1.807) is 7.11 Å². The lowest BCUT2D eigenvalue weighted by Crippen LogP contribution is -2.27. The highest BCUT2D eigenvalue weighted by Gasteiger charge is 2.15. The Hall–Kier alpha value is -1.36. The molecule has 0 atom stereocenters. The van der Waals surface area contributed by atoms with Crippen LogP contribution in [0.15, 0.2) is 0 Å². The SMILES string of the molecule is COCCCNC(=O)Cc1c(C)nn(CC(C)C)c1C. The minimum atomic E-state index is 0.0522. The highest BCUT2D eigenvalue weighted by molar-refractivity contribution is 5.79. The first-order valence-electron chi connectivity index (χ1n) is 7.24. The molecular weight excluding hydrogens is 254 g/mol. The smallest absolute Gasteiger partial charge is 0.224 e. The molecule has 5 nitrogen and oxygen atoms in total. The molecule has 0 radical (unpaired) electrons. The summed E-state index contributed by atoms with van der Waals surface area (Å²) in [5, 5.41) is 7.44. The van der Waals surface area contributed by atoms with Crippen LogP contribution in [-0.4, -0.2) is 35.9 Å². The van der Waals surface area contributed by atoms with Gasteiger partial charge < -0.3 is 10.1 Å². The Bertz CT molecular complexity index is 439. The van der Waals surface area contributed by atoms with Gasteiger partial charge >= 0.3 is 0 Å². The summed E-state index contributed by atoms with van der Waals surface area (Å²) in [6.45, 7) is 10.6. The number of hydrogen-bond donors (Lipinski definition) is 1. The summed E-state index contributed by atoms with van der Waals surface area (Å²) in [5.74, 6) is 0.597. The molecule has 0 aliphatic rings. The highest BCUT2D eigenvalue weighted by Crippen LogP contribution is 2.15. The number of methoxy groups -OCH3 is 1. The van der Waals surface area contributed by atoms with Gasteiger partial charge in [0.15, 0.2) is 0 Å². The number of carbonyl (C=O) groups excluding carboxylic acids is 1. The van der Waals surface area contributed by atoms with Gasteiger partial charge in [-0.1, -0.05) is 13.8 Å². The number of nitrogens with one attached hydrogen (secondary N) is 1. The maximum absolute atomic E-state index is 11.9. The monoisotopic (exact) mass is 281 g/mol. The molecule has 20 heavy (non-hydrogen) atoms. The average Bonchev–Trinajstić information content (AvgIpc) is 2.62. The van der Waals surface area contributed by atoms with Crippen molar-refractivity contribution in [3.63, 3.8) is 0 Å². The third-order valence-electron chi connectivity index (χ3n) is 3.25. The molecule has 1 aromatic heterocycles. The maximum Gasteiger partial charge on any atom is 0.224 e. The average molecular weight is 281 g/mol.